The zero-order valence-corrected chi connectivity index (χ0v) is 15.2. The Hall–Kier alpha value is -0.710. The summed E-state index contributed by atoms with van der Waals surface area (Å²) in [5.41, 5.74) is 0. The van der Waals surface area contributed by atoms with Crippen molar-refractivity contribution in [2.75, 3.05) is 6.61 Å². The third-order valence-electron chi connectivity index (χ3n) is 5.06. The van der Waals surface area contributed by atoms with Crippen molar-refractivity contribution in [3.8, 4) is 0 Å². The van der Waals surface area contributed by atoms with Crippen LogP contribution in [0.25, 0.3) is 0 Å². The third kappa shape index (κ3) is 7.91. The van der Waals surface area contributed by atoms with Crippen LogP contribution in [0.15, 0.2) is 12.2 Å². The second-order valence-corrected chi connectivity index (χ2v) is 7.15. The first kappa shape index (κ1) is 21.3. The summed E-state index contributed by atoms with van der Waals surface area (Å²) in [6, 6.07) is 0. The fourth-order valence-electron chi connectivity index (χ4n) is 3.55. The lowest BCUT2D eigenvalue weighted by Crippen LogP contribution is -2.19. The van der Waals surface area contributed by atoms with Gasteiger partial charge in [0.25, 0.3) is 0 Å². The van der Waals surface area contributed by atoms with Crippen molar-refractivity contribution < 1.29 is 20.1 Å². The van der Waals surface area contributed by atoms with Gasteiger partial charge >= 0.3 is 0 Å². The molecule has 4 atom stereocenters. The van der Waals surface area contributed by atoms with Crippen LogP contribution in [0.3, 0.4) is 0 Å². The minimum atomic E-state index is -0.601. The van der Waals surface area contributed by atoms with Gasteiger partial charge in [-0.25, -0.2) is 0 Å². The minimum absolute atomic E-state index is 0.100. The van der Waals surface area contributed by atoms with Gasteiger partial charge in [-0.15, -0.1) is 0 Å². The normalized spacial score (nSPS) is 25.7. The lowest BCUT2D eigenvalue weighted by atomic mass is 9.88. The van der Waals surface area contributed by atoms with E-state index in [-0.39, 0.29) is 30.6 Å². The van der Waals surface area contributed by atoms with Crippen LogP contribution < -0.4 is 0 Å². The van der Waals surface area contributed by atoms with Crippen molar-refractivity contribution >= 4 is 5.78 Å². The SMILES string of the molecule is CCCCC[C@H](O)/C=C/[C@H]1[C@H](O)CC(=O)[C@@H]1CCCCCCCO. The molecule has 4 heteroatoms. The Labute approximate surface area is 147 Å². The van der Waals surface area contributed by atoms with Gasteiger partial charge in [0.2, 0.25) is 0 Å². The van der Waals surface area contributed by atoms with Crippen molar-refractivity contribution in [2.45, 2.75) is 89.8 Å². The molecule has 1 aliphatic carbocycles. The average Bonchev–Trinajstić information content (AvgIpc) is 2.82. The predicted octanol–water partition coefficient (Wildman–Crippen LogP) is 3.38. The summed E-state index contributed by atoms with van der Waals surface area (Å²) >= 11 is 0. The number of rotatable bonds is 13. The predicted molar refractivity (Wildman–Crippen MR) is 96.7 cm³/mol. The van der Waals surface area contributed by atoms with Crippen LogP contribution >= 0.6 is 0 Å². The van der Waals surface area contributed by atoms with E-state index >= 15 is 0 Å². The Morgan fingerprint density at radius 3 is 2.54 bits per heavy atom. The number of hydrogen-bond acceptors (Lipinski definition) is 4. The van der Waals surface area contributed by atoms with E-state index in [1.54, 1.807) is 6.08 Å². The van der Waals surface area contributed by atoms with Crippen molar-refractivity contribution in [2.24, 2.45) is 11.8 Å². The Kier molecular flexibility index (Phi) is 11.2. The number of hydrogen-bond donors (Lipinski definition) is 3. The van der Waals surface area contributed by atoms with Crippen LogP contribution in [0.2, 0.25) is 0 Å². The van der Waals surface area contributed by atoms with E-state index in [2.05, 4.69) is 6.92 Å². The molecule has 0 amide bonds. The molecule has 0 aromatic carbocycles. The van der Waals surface area contributed by atoms with Gasteiger partial charge in [0, 0.05) is 24.9 Å². The van der Waals surface area contributed by atoms with E-state index in [0.29, 0.717) is 0 Å². The minimum Gasteiger partial charge on any atom is -0.396 e. The second-order valence-electron chi connectivity index (χ2n) is 7.15. The number of carbonyl (C=O) groups excluding carboxylic acids is 1. The van der Waals surface area contributed by atoms with Crippen LogP contribution in [-0.4, -0.2) is 39.9 Å². The average molecular weight is 341 g/mol. The monoisotopic (exact) mass is 340 g/mol. The summed E-state index contributed by atoms with van der Waals surface area (Å²) in [5, 5.41) is 28.9. The highest BCUT2D eigenvalue weighted by Crippen LogP contribution is 2.34. The molecule has 1 rings (SSSR count). The highest BCUT2D eigenvalue weighted by Gasteiger charge is 2.39. The number of ketones is 1. The Morgan fingerprint density at radius 2 is 1.83 bits per heavy atom. The van der Waals surface area contributed by atoms with Gasteiger partial charge in [0.1, 0.15) is 5.78 Å². The molecule has 0 unspecified atom stereocenters. The van der Waals surface area contributed by atoms with E-state index in [9.17, 15) is 15.0 Å². The van der Waals surface area contributed by atoms with Crippen molar-refractivity contribution in [1.82, 2.24) is 0 Å². The molecule has 0 radical (unpaired) electrons. The fraction of sp³-hybridized carbons (Fsp3) is 0.850. The van der Waals surface area contributed by atoms with Gasteiger partial charge in [-0.2, -0.15) is 0 Å². The molecule has 3 N–H and O–H groups in total. The van der Waals surface area contributed by atoms with Crippen LogP contribution in [0, 0.1) is 11.8 Å². The molecule has 140 valence electrons. The van der Waals surface area contributed by atoms with E-state index in [1.807, 2.05) is 6.08 Å². The quantitative estimate of drug-likeness (QED) is 0.355. The largest absolute Gasteiger partial charge is 0.396 e. The number of carbonyl (C=O) groups is 1. The molecular formula is C20H36O4. The van der Waals surface area contributed by atoms with Gasteiger partial charge in [-0.05, 0) is 19.3 Å². The first-order valence-corrected chi connectivity index (χ1v) is 9.78. The molecular weight excluding hydrogens is 304 g/mol. The highest BCUT2D eigenvalue weighted by atomic mass is 16.3. The van der Waals surface area contributed by atoms with Gasteiger partial charge in [0.15, 0.2) is 0 Å². The number of unbranched alkanes of at least 4 members (excludes halogenated alkanes) is 6. The molecule has 0 aromatic heterocycles. The standard InChI is InChI=1S/C20H36O4/c1-2-3-7-10-16(22)12-13-18-17(19(23)15-20(18)24)11-8-5-4-6-9-14-21/h12-13,16-18,20-22,24H,2-11,14-15H2,1H3/b13-12+/t16-,17+,18+,20+/m0/s1. The number of aliphatic hydroxyl groups excluding tert-OH is 3. The van der Waals surface area contributed by atoms with Crippen LogP contribution in [-0.2, 0) is 4.79 Å². The van der Waals surface area contributed by atoms with Crippen LogP contribution in [0.5, 0.6) is 0 Å². The lowest BCUT2D eigenvalue weighted by Gasteiger charge is -2.18. The maximum Gasteiger partial charge on any atom is 0.139 e. The molecule has 0 spiro atoms. The number of Topliss-reactive ketones (excluding diaryl/α,β-unsaturated/α-hetero) is 1. The van der Waals surface area contributed by atoms with Crippen molar-refractivity contribution in [3.05, 3.63) is 12.2 Å². The van der Waals surface area contributed by atoms with Crippen LogP contribution in [0.4, 0.5) is 0 Å². The maximum absolute atomic E-state index is 12.1. The zero-order chi connectivity index (χ0) is 17.8. The molecule has 1 fully saturated rings. The van der Waals surface area contributed by atoms with E-state index in [0.717, 1.165) is 64.2 Å². The summed E-state index contributed by atoms with van der Waals surface area (Å²) in [7, 11) is 0. The van der Waals surface area contributed by atoms with Crippen molar-refractivity contribution in [3.63, 3.8) is 0 Å². The van der Waals surface area contributed by atoms with Crippen molar-refractivity contribution in [1.29, 1.82) is 0 Å². The summed E-state index contributed by atoms with van der Waals surface area (Å²) in [6.07, 6.45) is 12.7. The Balaban J connectivity index is 2.40. The highest BCUT2D eigenvalue weighted by molar-refractivity contribution is 5.84. The molecule has 4 nitrogen and oxygen atoms in total. The Bertz CT molecular complexity index is 367. The number of aliphatic hydroxyl groups is 3. The Morgan fingerprint density at radius 1 is 1.12 bits per heavy atom. The van der Waals surface area contributed by atoms with Gasteiger partial charge in [-0.1, -0.05) is 64.0 Å². The lowest BCUT2D eigenvalue weighted by molar-refractivity contribution is -0.121. The van der Waals surface area contributed by atoms with Gasteiger partial charge in [0.05, 0.1) is 12.2 Å². The molecule has 0 heterocycles. The summed E-state index contributed by atoms with van der Waals surface area (Å²) in [6.45, 7) is 2.39. The van der Waals surface area contributed by atoms with E-state index in [1.165, 1.54) is 0 Å². The first-order valence-electron chi connectivity index (χ1n) is 9.78. The maximum atomic E-state index is 12.1. The third-order valence-corrected chi connectivity index (χ3v) is 5.06. The smallest absolute Gasteiger partial charge is 0.139 e. The topological polar surface area (TPSA) is 77.8 Å². The molecule has 0 saturated heterocycles. The van der Waals surface area contributed by atoms with Gasteiger partial charge < -0.3 is 15.3 Å². The zero-order valence-electron chi connectivity index (χ0n) is 15.2. The molecule has 0 aromatic rings. The molecule has 0 bridgehead atoms. The second kappa shape index (κ2) is 12.6. The first-order chi connectivity index (χ1) is 11.6. The molecule has 1 saturated carbocycles. The molecule has 1 aliphatic rings. The van der Waals surface area contributed by atoms with Crippen LogP contribution in [0.1, 0.15) is 77.6 Å². The van der Waals surface area contributed by atoms with Gasteiger partial charge in [-0.3, -0.25) is 4.79 Å². The molecule has 0 aliphatic heterocycles. The summed E-state index contributed by atoms with van der Waals surface area (Å²) in [5.74, 6) is -0.0827. The summed E-state index contributed by atoms with van der Waals surface area (Å²) in [4.78, 5) is 12.1. The van der Waals surface area contributed by atoms with E-state index < -0.39 is 12.2 Å². The fourth-order valence-corrected chi connectivity index (χ4v) is 3.55. The molecule has 24 heavy (non-hydrogen) atoms. The summed E-state index contributed by atoms with van der Waals surface area (Å²) < 4.78 is 0. The van der Waals surface area contributed by atoms with E-state index in [4.69, 9.17) is 5.11 Å².